The maximum atomic E-state index is 13.0. The fourth-order valence-electron chi connectivity index (χ4n) is 5.15. The van der Waals surface area contributed by atoms with E-state index in [4.69, 9.17) is 9.47 Å². The topological polar surface area (TPSA) is 67.9 Å². The number of amides is 2. The van der Waals surface area contributed by atoms with E-state index < -0.39 is 0 Å². The molecule has 0 spiro atoms. The third kappa shape index (κ3) is 4.73. The zero-order chi connectivity index (χ0) is 22.1. The Morgan fingerprint density at radius 1 is 1.13 bits per heavy atom. The highest BCUT2D eigenvalue weighted by Crippen LogP contribution is 2.40. The van der Waals surface area contributed by atoms with Crippen molar-refractivity contribution < 1.29 is 19.1 Å². The average Bonchev–Trinajstić information content (AvgIpc) is 3.11. The molecule has 1 atom stereocenters. The van der Waals surface area contributed by atoms with Crippen LogP contribution >= 0.6 is 0 Å². The fourth-order valence-corrected chi connectivity index (χ4v) is 5.15. The van der Waals surface area contributed by atoms with Crippen molar-refractivity contribution in [2.75, 3.05) is 25.6 Å². The molecular weight excluding hydrogens is 380 g/mol. The van der Waals surface area contributed by atoms with Crippen LogP contribution in [0, 0.1) is 10.8 Å². The summed E-state index contributed by atoms with van der Waals surface area (Å²) in [5.74, 6) is 0.806. The van der Waals surface area contributed by atoms with E-state index >= 15 is 0 Å². The maximum Gasteiger partial charge on any atom is 0.256 e. The van der Waals surface area contributed by atoms with Crippen molar-refractivity contribution in [2.45, 2.75) is 72.8 Å². The second-order valence-electron chi connectivity index (χ2n) is 10.2. The van der Waals surface area contributed by atoms with E-state index in [2.05, 4.69) is 39.9 Å². The van der Waals surface area contributed by atoms with Crippen LogP contribution in [0.3, 0.4) is 0 Å². The van der Waals surface area contributed by atoms with Gasteiger partial charge in [0.15, 0.2) is 11.5 Å². The molecule has 6 heteroatoms. The zero-order valence-electron chi connectivity index (χ0n) is 19.3. The van der Waals surface area contributed by atoms with Crippen LogP contribution < -0.4 is 14.8 Å². The summed E-state index contributed by atoms with van der Waals surface area (Å²) in [7, 11) is 1.57. The van der Waals surface area contributed by atoms with E-state index in [0.717, 1.165) is 19.3 Å². The minimum Gasteiger partial charge on any atom is -0.493 e. The Labute approximate surface area is 180 Å². The highest BCUT2D eigenvalue weighted by molar-refractivity contribution is 6.10. The number of hydrogen-bond acceptors (Lipinski definition) is 4. The van der Waals surface area contributed by atoms with Gasteiger partial charge in [-0.1, -0.05) is 41.0 Å². The van der Waals surface area contributed by atoms with E-state index in [1.165, 1.54) is 6.42 Å². The largest absolute Gasteiger partial charge is 0.493 e. The molecule has 6 nitrogen and oxygen atoms in total. The summed E-state index contributed by atoms with van der Waals surface area (Å²) >= 11 is 0. The van der Waals surface area contributed by atoms with Gasteiger partial charge in [0.1, 0.15) is 6.04 Å². The predicted octanol–water partition coefficient (Wildman–Crippen LogP) is 4.87. The van der Waals surface area contributed by atoms with Crippen LogP contribution in [0.4, 0.5) is 5.69 Å². The Morgan fingerprint density at radius 2 is 1.87 bits per heavy atom. The van der Waals surface area contributed by atoms with Gasteiger partial charge < -0.3 is 19.7 Å². The molecule has 2 heterocycles. The molecule has 0 aliphatic carbocycles. The van der Waals surface area contributed by atoms with Crippen LogP contribution in [-0.4, -0.2) is 43.0 Å². The Bertz CT molecular complexity index is 816. The molecule has 3 rings (SSSR count). The summed E-state index contributed by atoms with van der Waals surface area (Å²) in [6, 6.07) is 3.04. The third-order valence-electron chi connectivity index (χ3n) is 6.11. The Balaban J connectivity index is 1.83. The zero-order valence-corrected chi connectivity index (χ0v) is 19.3. The highest BCUT2D eigenvalue weighted by Gasteiger charge is 2.39. The first-order valence-corrected chi connectivity index (χ1v) is 11.0. The van der Waals surface area contributed by atoms with Crippen molar-refractivity contribution in [3.63, 3.8) is 0 Å². The molecule has 1 saturated heterocycles. The number of nitrogens with one attached hydrogen (secondary N) is 1. The quantitative estimate of drug-likeness (QED) is 0.656. The van der Waals surface area contributed by atoms with Crippen molar-refractivity contribution >= 4 is 17.5 Å². The number of ether oxygens (including phenoxy) is 2. The molecule has 0 aromatic heterocycles. The summed E-state index contributed by atoms with van der Waals surface area (Å²) in [6.45, 7) is 12.4. The number of anilines is 1. The Morgan fingerprint density at radius 3 is 2.53 bits per heavy atom. The van der Waals surface area contributed by atoms with E-state index in [-0.39, 0.29) is 28.7 Å². The molecule has 166 valence electrons. The standard InChI is InChI=1S/C24H36N2O4/c1-7-10-23(2,3)14-24(4,5)15-30-20-13-17-16(12-19(20)29-6)22(28)26-11-8-9-18(26)21(27)25-17/h12-13,18H,7-11,14-15H2,1-6H3,(H,25,27). The number of hydrogen-bond donors (Lipinski definition) is 1. The molecule has 2 aliphatic heterocycles. The molecule has 1 N–H and O–H groups in total. The van der Waals surface area contributed by atoms with Crippen LogP contribution in [-0.2, 0) is 4.79 Å². The van der Waals surface area contributed by atoms with Gasteiger partial charge in [0.05, 0.1) is 25.0 Å². The smallest absolute Gasteiger partial charge is 0.256 e. The number of nitrogens with zero attached hydrogens (tertiary/aromatic N) is 1. The molecule has 0 radical (unpaired) electrons. The average molecular weight is 417 g/mol. The monoisotopic (exact) mass is 416 g/mol. The summed E-state index contributed by atoms with van der Waals surface area (Å²) < 4.78 is 11.7. The minimum absolute atomic E-state index is 0.0295. The van der Waals surface area contributed by atoms with Gasteiger partial charge in [0.25, 0.3) is 5.91 Å². The van der Waals surface area contributed by atoms with Crippen molar-refractivity contribution in [1.29, 1.82) is 0 Å². The van der Waals surface area contributed by atoms with Crippen LogP contribution in [0.5, 0.6) is 11.5 Å². The molecule has 1 aromatic rings. The first-order chi connectivity index (χ1) is 14.1. The van der Waals surface area contributed by atoms with E-state index in [9.17, 15) is 9.59 Å². The maximum absolute atomic E-state index is 13.0. The van der Waals surface area contributed by atoms with Crippen molar-refractivity contribution in [3.05, 3.63) is 17.7 Å². The molecule has 30 heavy (non-hydrogen) atoms. The van der Waals surface area contributed by atoms with Crippen LogP contribution in [0.2, 0.25) is 0 Å². The lowest BCUT2D eigenvalue weighted by Crippen LogP contribution is -2.40. The number of rotatable bonds is 8. The molecule has 0 bridgehead atoms. The summed E-state index contributed by atoms with van der Waals surface area (Å²) in [5, 5.41) is 2.93. The lowest BCUT2D eigenvalue weighted by Gasteiger charge is -2.35. The SMILES string of the molecule is CCCC(C)(C)CC(C)(C)COc1cc2c(cc1OC)C(=O)N1CCCC1C(=O)N2. The van der Waals surface area contributed by atoms with Crippen molar-refractivity contribution in [3.8, 4) is 11.5 Å². The number of fused-ring (bicyclic) bond motifs is 2. The molecule has 0 saturated carbocycles. The highest BCUT2D eigenvalue weighted by atomic mass is 16.5. The van der Waals surface area contributed by atoms with Gasteiger partial charge in [-0.05, 0) is 42.6 Å². The predicted molar refractivity (Wildman–Crippen MR) is 118 cm³/mol. The van der Waals surface area contributed by atoms with Crippen LogP contribution in [0.1, 0.15) is 77.1 Å². The molecule has 2 aliphatic rings. The first-order valence-electron chi connectivity index (χ1n) is 11.0. The molecular formula is C24H36N2O4. The summed E-state index contributed by atoms with van der Waals surface area (Å²) in [5.41, 5.74) is 1.17. The van der Waals surface area contributed by atoms with Gasteiger partial charge in [-0.25, -0.2) is 0 Å². The Hall–Kier alpha value is -2.24. The van der Waals surface area contributed by atoms with E-state index in [1.54, 1.807) is 24.1 Å². The van der Waals surface area contributed by atoms with Gasteiger partial charge in [-0.15, -0.1) is 0 Å². The number of methoxy groups -OCH3 is 1. The van der Waals surface area contributed by atoms with Gasteiger partial charge in [-0.3, -0.25) is 9.59 Å². The first kappa shape index (κ1) is 22.4. The fraction of sp³-hybridized carbons (Fsp3) is 0.667. The summed E-state index contributed by atoms with van der Waals surface area (Å²) in [6.07, 6.45) is 4.92. The molecule has 2 amide bonds. The van der Waals surface area contributed by atoms with Gasteiger partial charge in [0.2, 0.25) is 5.91 Å². The number of carbonyl (C=O) groups is 2. The van der Waals surface area contributed by atoms with Gasteiger partial charge >= 0.3 is 0 Å². The van der Waals surface area contributed by atoms with E-state index in [1.807, 2.05) is 0 Å². The minimum atomic E-state index is -0.389. The number of benzene rings is 1. The second kappa shape index (κ2) is 8.48. The van der Waals surface area contributed by atoms with Gasteiger partial charge in [0, 0.05) is 12.6 Å². The lowest BCUT2D eigenvalue weighted by atomic mass is 9.73. The van der Waals surface area contributed by atoms with Crippen LogP contribution in [0.15, 0.2) is 12.1 Å². The Kier molecular flexibility index (Phi) is 6.34. The van der Waals surface area contributed by atoms with Crippen molar-refractivity contribution in [1.82, 2.24) is 4.90 Å². The summed E-state index contributed by atoms with van der Waals surface area (Å²) in [4.78, 5) is 27.3. The van der Waals surface area contributed by atoms with Crippen LogP contribution in [0.25, 0.3) is 0 Å². The molecule has 1 aromatic carbocycles. The lowest BCUT2D eigenvalue weighted by molar-refractivity contribution is -0.119. The number of carbonyl (C=O) groups excluding carboxylic acids is 2. The third-order valence-corrected chi connectivity index (χ3v) is 6.11. The second-order valence-corrected chi connectivity index (χ2v) is 10.2. The molecule has 1 fully saturated rings. The normalized spacial score (nSPS) is 19.1. The van der Waals surface area contributed by atoms with Gasteiger partial charge in [-0.2, -0.15) is 0 Å². The van der Waals surface area contributed by atoms with Crippen molar-refractivity contribution in [2.24, 2.45) is 10.8 Å². The molecule has 1 unspecified atom stereocenters. The van der Waals surface area contributed by atoms with E-state index in [0.29, 0.717) is 42.3 Å².